The van der Waals surface area contributed by atoms with E-state index in [9.17, 15) is 9.50 Å². The number of piperidine rings is 1. The lowest BCUT2D eigenvalue weighted by Gasteiger charge is -2.34. The Kier molecular flexibility index (Phi) is 4.13. The van der Waals surface area contributed by atoms with Crippen molar-refractivity contribution in [3.05, 3.63) is 35.6 Å². The summed E-state index contributed by atoms with van der Waals surface area (Å²) in [5, 5.41) is 10.1. The molecule has 1 saturated heterocycles. The Balaban J connectivity index is 1.95. The molecule has 3 heteroatoms. The van der Waals surface area contributed by atoms with Crippen molar-refractivity contribution in [2.75, 3.05) is 13.1 Å². The van der Waals surface area contributed by atoms with Gasteiger partial charge in [-0.1, -0.05) is 18.6 Å². The maximum absolute atomic E-state index is 12.8. The predicted octanol–water partition coefficient (Wildman–Crippen LogP) is 2.73. The Labute approximate surface area is 102 Å². The normalized spacial score (nSPS) is 23.6. The van der Waals surface area contributed by atoms with Crippen LogP contribution in [0.5, 0.6) is 0 Å². The first-order valence-corrected chi connectivity index (χ1v) is 6.34. The van der Waals surface area contributed by atoms with Crippen LogP contribution in [0.2, 0.25) is 0 Å². The summed E-state index contributed by atoms with van der Waals surface area (Å²) < 4.78 is 12.8. The molecule has 1 aromatic rings. The quantitative estimate of drug-likeness (QED) is 0.873. The molecule has 1 N–H and O–H groups in total. The standard InChI is InChI=1S/C14H20FNO/c1-11-4-2-3-9-16(11)10-14(17)12-5-7-13(15)8-6-12/h5-8,11,14,17H,2-4,9-10H2,1H3/t11-,14-/m0/s1. The van der Waals surface area contributed by atoms with E-state index in [2.05, 4.69) is 11.8 Å². The molecule has 0 aliphatic carbocycles. The average molecular weight is 237 g/mol. The molecular weight excluding hydrogens is 217 g/mol. The van der Waals surface area contributed by atoms with Crippen molar-refractivity contribution in [3.8, 4) is 0 Å². The molecule has 17 heavy (non-hydrogen) atoms. The molecule has 2 rings (SSSR count). The molecule has 0 spiro atoms. The van der Waals surface area contributed by atoms with Crippen molar-refractivity contribution in [1.82, 2.24) is 4.90 Å². The highest BCUT2D eigenvalue weighted by Gasteiger charge is 2.21. The summed E-state index contributed by atoms with van der Waals surface area (Å²) in [5.74, 6) is -0.257. The molecule has 1 heterocycles. The zero-order valence-corrected chi connectivity index (χ0v) is 10.3. The lowest BCUT2D eigenvalue weighted by molar-refractivity contribution is 0.0732. The predicted molar refractivity (Wildman–Crippen MR) is 66.2 cm³/mol. The fourth-order valence-electron chi connectivity index (χ4n) is 2.44. The molecule has 94 valence electrons. The highest BCUT2D eigenvalue weighted by molar-refractivity contribution is 5.18. The molecule has 2 nitrogen and oxygen atoms in total. The van der Waals surface area contributed by atoms with Crippen LogP contribution >= 0.6 is 0 Å². The van der Waals surface area contributed by atoms with Crippen molar-refractivity contribution in [1.29, 1.82) is 0 Å². The van der Waals surface area contributed by atoms with Crippen molar-refractivity contribution in [2.45, 2.75) is 38.3 Å². The van der Waals surface area contributed by atoms with Gasteiger partial charge in [-0.2, -0.15) is 0 Å². The van der Waals surface area contributed by atoms with E-state index in [4.69, 9.17) is 0 Å². The van der Waals surface area contributed by atoms with Crippen LogP contribution in [-0.4, -0.2) is 29.1 Å². The summed E-state index contributed by atoms with van der Waals surface area (Å²) in [5.41, 5.74) is 0.796. The van der Waals surface area contributed by atoms with Crippen molar-refractivity contribution >= 4 is 0 Å². The summed E-state index contributed by atoms with van der Waals surface area (Å²) >= 11 is 0. The Morgan fingerprint density at radius 1 is 1.35 bits per heavy atom. The molecule has 1 fully saturated rings. The largest absolute Gasteiger partial charge is 0.387 e. The SMILES string of the molecule is C[C@H]1CCCCN1C[C@H](O)c1ccc(F)cc1. The van der Waals surface area contributed by atoms with E-state index in [0.717, 1.165) is 12.1 Å². The average Bonchev–Trinajstić information content (AvgIpc) is 2.33. The van der Waals surface area contributed by atoms with Gasteiger partial charge in [0.05, 0.1) is 6.10 Å². The first-order chi connectivity index (χ1) is 8.16. The van der Waals surface area contributed by atoms with E-state index in [0.29, 0.717) is 12.6 Å². The minimum absolute atomic E-state index is 0.257. The van der Waals surface area contributed by atoms with E-state index in [1.165, 1.54) is 31.4 Å². The van der Waals surface area contributed by atoms with Crippen LogP contribution in [0.3, 0.4) is 0 Å². The molecule has 0 saturated carbocycles. The Morgan fingerprint density at radius 2 is 2.06 bits per heavy atom. The van der Waals surface area contributed by atoms with E-state index < -0.39 is 6.10 Å². The second-order valence-electron chi connectivity index (χ2n) is 4.91. The molecule has 0 unspecified atom stereocenters. The van der Waals surface area contributed by atoms with Crippen molar-refractivity contribution < 1.29 is 9.50 Å². The van der Waals surface area contributed by atoms with Gasteiger partial charge < -0.3 is 5.11 Å². The lowest BCUT2D eigenvalue weighted by Crippen LogP contribution is -2.40. The van der Waals surface area contributed by atoms with Gasteiger partial charge in [0, 0.05) is 12.6 Å². The maximum atomic E-state index is 12.8. The zero-order chi connectivity index (χ0) is 12.3. The molecular formula is C14H20FNO. The van der Waals surface area contributed by atoms with E-state index in [1.54, 1.807) is 12.1 Å². The van der Waals surface area contributed by atoms with Gasteiger partial charge in [-0.15, -0.1) is 0 Å². The van der Waals surface area contributed by atoms with Gasteiger partial charge >= 0.3 is 0 Å². The molecule has 0 radical (unpaired) electrons. The summed E-state index contributed by atoms with van der Waals surface area (Å²) in [6, 6.07) is 6.67. The number of nitrogens with zero attached hydrogens (tertiary/aromatic N) is 1. The van der Waals surface area contributed by atoms with E-state index in [1.807, 2.05) is 0 Å². The van der Waals surface area contributed by atoms with Crippen LogP contribution in [0.25, 0.3) is 0 Å². The number of aliphatic hydroxyl groups excluding tert-OH is 1. The van der Waals surface area contributed by atoms with Crippen LogP contribution in [0.15, 0.2) is 24.3 Å². The minimum Gasteiger partial charge on any atom is -0.387 e. The first-order valence-electron chi connectivity index (χ1n) is 6.34. The van der Waals surface area contributed by atoms with Crippen LogP contribution in [0.4, 0.5) is 4.39 Å². The smallest absolute Gasteiger partial charge is 0.123 e. The third-order valence-corrected chi connectivity index (χ3v) is 3.60. The second kappa shape index (κ2) is 5.61. The van der Waals surface area contributed by atoms with Crippen LogP contribution < -0.4 is 0 Å². The van der Waals surface area contributed by atoms with E-state index in [-0.39, 0.29) is 5.82 Å². The van der Waals surface area contributed by atoms with Gasteiger partial charge in [0.25, 0.3) is 0 Å². The van der Waals surface area contributed by atoms with E-state index >= 15 is 0 Å². The third-order valence-electron chi connectivity index (χ3n) is 3.60. The van der Waals surface area contributed by atoms with Gasteiger partial charge in [0.2, 0.25) is 0 Å². The molecule has 0 bridgehead atoms. The van der Waals surface area contributed by atoms with Crippen molar-refractivity contribution in [3.63, 3.8) is 0 Å². The third kappa shape index (κ3) is 3.27. The molecule has 0 amide bonds. The molecule has 1 aliphatic heterocycles. The number of aliphatic hydroxyl groups is 1. The fraction of sp³-hybridized carbons (Fsp3) is 0.571. The number of likely N-dealkylation sites (tertiary alicyclic amines) is 1. The molecule has 1 aromatic carbocycles. The summed E-state index contributed by atoms with van der Waals surface area (Å²) in [6.45, 7) is 3.91. The fourth-order valence-corrected chi connectivity index (χ4v) is 2.44. The van der Waals surface area contributed by atoms with Crippen LogP contribution in [0, 0.1) is 5.82 Å². The lowest BCUT2D eigenvalue weighted by atomic mass is 10.0. The zero-order valence-electron chi connectivity index (χ0n) is 10.3. The Morgan fingerprint density at radius 3 is 2.71 bits per heavy atom. The highest BCUT2D eigenvalue weighted by Crippen LogP contribution is 2.21. The maximum Gasteiger partial charge on any atom is 0.123 e. The second-order valence-corrected chi connectivity index (χ2v) is 4.91. The van der Waals surface area contributed by atoms with Crippen LogP contribution in [-0.2, 0) is 0 Å². The van der Waals surface area contributed by atoms with Gasteiger partial charge in [0.1, 0.15) is 5.82 Å². The summed E-state index contributed by atoms with van der Waals surface area (Å²) in [7, 11) is 0. The van der Waals surface area contributed by atoms with Gasteiger partial charge in [-0.25, -0.2) is 4.39 Å². The molecule has 2 atom stereocenters. The van der Waals surface area contributed by atoms with Gasteiger partial charge in [-0.3, -0.25) is 4.90 Å². The summed E-state index contributed by atoms with van der Waals surface area (Å²) in [6.07, 6.45) is 3.18. The number of β-amino-alcohol motifs (C(OH)–C–C–N with tert-alkyl or cyclic N) is 1. The van der Waals surface area contributed by atoms with Crippen molar-refractivity contribution in [2.24, 2.45) is 0 Å². The number of benzene rings is 1. The Bertz CT molecular complexity index is 352. The molecule has 1 aliphatic rings. The molecule has 0 aromatic heterocycles. The van der Waals surface area contributed by atoms with Crippen LogP contribution in [0.1, 0.15) is 37.9 Å². The first kappa shape index (κ1) is 12.5. The number of hydrogen-bond donors (Lipinski definition) is 1. The van der Waals surface area contributed by atoms with Gasteiger partial charge in [-0.05, 0) is 44.0 Å². The highest BCUT2D eigenvalue weighted by atomic mass is 19.1. The number of rotatable bonds is 3. The Hall–Kier alpha value is -0.930. The summed E-state index contributed by atoms with van der Waals surface area (Å²) in [4.78, 5) is 2.32. The monoisotopic (exact) mass is 237 g/mol. The van der Waals surface area contributed by atoms with Gasteiger partial charge in [0.15, 0.2) is 0 Å². The minimum atomic E-state index is -0.517. The number of halogens is 1. The number of hydrogen-bond acceptors (Lipinski definition) is 2. The topological polar surface area (TPSA) is 23.5 Å².